The molecule has 0 unspecified atom stereocenters. The molecule has 0 saturated heterocycles. The lowest BCUT2D eigenvalue weighted by Gasteiger charge is -2.17. The van der Waals surface area contributed by atoms with Gasteiger partial charge in [-0.2, -0.15) is 0 Å². The van der Waals surface area contributed by atoms with Crippen LogP contribution in [0.15, 0.2) is 70.5 Å². The van der Waals surface area contributed by atoms with E-state index >= 15 is 0 Å². The molecule has 0 aromatic heterocycles. The van der Waals surface area contributed by atoms with Crippen LogP contribution in [0.4, 0.5) is 18.9 Å². The van der Waals surface area contributed by atoms with Gasteiger partial charge in [-0.3, -0.25) is 4.79 Å². The standard InChI is InChI=1S/C24H18F3NO5S/c1-14-11-17(9-10-20(14)32-13-22(29)30)34-21-4-2-3-18-19(21)12-28(23(18)31)15-5-7-16(8-6-15)33-24(25,26)27/h2-11H,12-13H2,1H3,(H,29,30). The summed E-state index contributed by atoms with van der Waals surface area (Å²) in [4.78, 5) is 26.9. The Bertz CT molecular complexity index is 1240. The molecule has 1 aliphatic heterocycles. The van der Waals surface area contributed by atoms with Gasteiger partial charge in [-0.15, -0.1) is 13.2 Å². The minimum atomic E-state index is -4.79. The van der Waals surface area contributed by atoms with E-state index < -0.39 is 18.9 Å². The van der Waals surface area contributed by atoms with E-state index in [9.17, 15) is 22.8 Å². The number of aliphatic carboxylic acids is 1. The minimum absolute atomic E-state index is 0.240. The van der Waals surface area contributed by atoms with Gasteiger partial charge in [0, 0.05) is 21.0 Å². The van der Waals surface area contributed by atoms with Crippen LogP contribution in [0.2, 0.25) is 0 Å². The van der Waals surface area contributed by atoms with Crippen molar-refractivity contribution in [3.8, 4) is 11.5 Å². The van der Waals surface area contributed by atoms with Gasteiger partial charge in [0.1, 0.15) is 11.5 Å². The quantitative estimate of drug-likeness (QED) is 0.461. The zero-order chi connectivity index (χ0) is 24.5. The molecule has 3 aromatic rings. The van der Waals surface area contributed by atoms with Crippen LogP contribution < -0.4 is 14.4 Å². The van der Waals surface area contributed by atoms with Crippen molar-refractivity contribution >= 4 is 29.3 Å². The minimum Gasteiger partial charge on any atom is -0.482 e. The molecule has 3 aromatic carbocycles. The highest BCUT2D eigenvalue weighted by Crippen LogP contribution is 2.39. The number of hydrogen-bond acceptors (Lipinski definition) is 5. The van der Waals surface area contributed by atoms with Crippen molar-refractivity contribution in [1.29, 1.82) is 0 Å². The van der Waals surface area contributed by atoms with Crippen molar-refractivity contribution in [1.82, 2.24) is 0 Å². The Morgan fingerprint density at radius 2 is 1.85 bits per heavy atom. The summed E-state index contributed by atoms with van der Waals surface area (Å²) in [7, 11) is 0. The number of aryl methyl sites for hydroxylation is 1. The van der Waals surface area contributed by atoms with Crippen LogP contribution in [0.1, 0.15) is 21.5 Å². The summed E-state index contributed by atoms with van der Waals surface area (Å²) in [6.07, 6.45) is -4.79. The molecule has 0 atom stereocenters. The number of alkyl halides is 3. The Balaban J connectivity index is 1.52. The second-order valence-electron chi connectivity index (χ2n) is 7.43. The van der Waals surface area contributed by atoms with Crippen LogP contribution in [0.3, 0.4) is 0 Å². The maximum Gasteiger partial charge on any atom is 0.573 e. The Morgan fingerprint density at radius 1 is 1.12 bits per heavy atom. The summed E-state index contributed by atoms with van der Waals surface area (Å²) >= 11 is 1.45. The first-order valence-corrected chi connectivity index (χ1v) is 10.8. The van der Waals surface area contributed by atoms with E-state index in [0.717, 1.165) is 20.9 Å². The van der Waals surface area contributed by atoms with Crippen LogP contribution in [0.5, 0.6) is 11.5 Å². The van der Waals surface area contributed by atoms with Crippen molar-refractivity contribution in [2.45, 2.75) is 29.6 Å². The third kappa shape index (κ3) is 5.28. The van der Waals surface area contributed by atoms with Gasteiger partial charge >= 0.3 is 12.3 Å². The van der Waals surface area contributed by atoms with Crippen LogP contribution in [-0.4, -0.2) is 30.0 Å². The number of hydrogen-bond donors (Lipinski definition) is 1. The lowest BCUT2D eigenvalue weighted by atomic mass is 10.1. The molecule has 0 radical (unpaired) electrons. The maximum absolute atomic E-state index is 13.0. The first-order chi connectivity index (χ1) is 16.1. The SMILES string of the molecule is Cc1cc(Sc2cccc3c2CN(c2ccc(OC(F)(F)F)cc2)C3=O)ccc1OCC(=O)O. The molecule has 0 saturated carbocycles. The molecule has 176 valence electrons. The van der Waals surface area contributed by atoms with E-state index in [-0.39, 0.29) is 18.2 Å². The number of carboxylic acid groups (broad SMARTS) is 1. The number of rotatable bonds is 7. The highest BCUT2D eigenvalue weighted by atomic mass is 32.2. The molecule has 10 heteroatoms. The summed E-state index contributed by atoms with van der Waals surface area (Å²) < 4.78 is 46.4. The molecule has 1 N–H and O–H groups in total. The van der Waals surface area contributed by atoms with Crippen molar-refractivity contribution in [2.24, 2.45) is 0 Å². The molecule has 0 spiro atoms. The fourth-order valence-electron chi connectivity index (χ4n) is 3.55. The predicted octanol–water partition coefficient (Wildman–Crippen LogP) is 5.67. The van der Waals surface area contributed by atoms with Gasteiger partial charge in [0.05, 0.1) is 6.54 Å². The van der Waals surface area contributed by atoms with Gasteiger partial charge < -0.3 is 19.5 Å². The van der Waals surface area contributed by atoms with Gasteiger partial charge in [0.2, 0.25) is 0 Å². The van der Waals surface area contributed by atoms with E-state index in [1.54, 1.807) is 18.2 Å². The number of amides is 1. The number of carboxylic acids is 1. The molecular weight excluding hydrogens is 471 g/mol. The van der Waals surface area contributed by atoms with Gasteiger partial charge in [-0.1, -0.05) is 17.8 Å². The fraction of sp³-hybridized carbons (Fsp3) is 0.167. The number of anilines is 1. The summed E-state index contributed by atoms with van der Waals surface area (Å²) in [6, 6.07) is 15.9. The van der Waals surface area contributed by atoms with Gasteiger partial charge in [0.15, 0.2) is 6.61 Å². The summed E-state index contributed by atoms with van der Waals surface area (Å²) in [5.74, 6) is -1.18. The molecular formula is C24H18F3NO5S. The number of fused-ring (bicyclic) bond motifs is 1. The van der Waals surface area contributed by atoms with E-state index in [0.29, 0.717) is 17.0 Å². The topological polar surface area (TPSA) is 76.1 Å². The monoisotopic (exact) mass is 489 g/mol. The van der Waals surface area contributed by atoms with Gasteiger partial charge in [0.25, 0.3) is 5.91 Å². The fourth-order valence-corrected chi connectivity index (χ4v) is 4.62. The average molecular weight is 489 g/mol. The average Bonchev–Trinajstić information content (AvgIpc) is 3.10. The molecule has 4 rings (SSSR count). The van der Waals surface area contributed by atoms with E-state index in [2.05, 4.69) is 4.74 Å². The highest BCUT2D eigenvalue weighted by Gasteiger charge is 2.32. The smallest absolute Gasteiger partial charge is 0.482 e. The normalized spacial score (nSPS) is 13.1. The molecule has 0 bridgehead atoms. The number of nitrogens with zero attached hydrogens (tertiary/aromatic N) is 1. The Labute approximate surface area is 196 Å². The number of ether oxygens (including phenoxy) is 2. The summed E-state index contributed by atoms with van der Waals surface area (Å²) in [5.41, 5.74) is 2.58. The largest absolute Gasteiger partial charge is 0.573 e. The number of carbonyl (C=O) groups is 2. The molecule has 34 heavy (non-hydrogen) atoms. The molecule has 1 heterocycles. The number of carbonyl (C=O) groups excluding carboxylic acids is 1. The van der Waals surface area contributed by atoms with Crippen molar-refractivity contribution in [3.63, 3.8) is 0 Å². The lowest BCUT2D eigenvalue weighted by Crippen LogP contribution is -2.23. The third-order valence-corrected chi connectivity index (χ3v) is 6.12. The summed E-state index contributed by atoms with van der Waals surface area (Å²) in [5, 5.41) is 8.78. The van der Waals surface area contributed by atoms with Gasteiger partial charge in [-0.05, 0) is 72.6 Å². The van der Waals surface area contributed by atoms with Crippen molar-refractivity contribution in [2.75, 3.05) is 11.5 Å². The zero-order valence-corrected chi connectivity index (χ0v) is 18.6. The molecule has 1 amide bonds. The summed E-state index contributed by atoms with van der Waals surface area (Å²) in [6.45, 7) is 1.66. The molecule has 0 aliphatic carbocycles. The number of benzene rings is 3. The second-order valence-corrected chi connectivity index (χ2v) is 8.54. The van der Waals surface area contributed by atoms with Crippen LogP contribution in [-0.2, 0) is 11.3 Å². The van der Waals surface area contributed by atoms with E-state index in [1.807, 2.05) is 25.1 Å². The predicted molar refractivity (Wildman–Crippen MR) is 119 cm³/mol. The molecule has 6 nitrogen and oxygen atoms in total. The third-order valence-electron chi connectivity index (χ3n) is 5.03. The van der Waals surface area contributed by atoms with E-state index in [1.165, 1.54) is 40.9 Å². The highest BCUT2D eigenvalue weighted by molar-refractivity contribution is 7.99. The Hall–Kier alpha value is -3.66. The van der Waals surface area contributed by atoms with Crippen LogP contribution in [0.25, 0.3) is 0 Å². The van der Waals surface area contributed by atoms with Gasteiger partial charge in [-0.25, -0.2) is 4.79 Å². The number of halogens is 3. The van der Waals surface area contributed by atoms with Crippen LogP contribution >= 0.6 is 11.8 Å². The molecule has 0 fully saturated rings. The lowest BCUT2D eigenvalue weighted by molar-refractivity contribution is -0.274. The molecule has 1 aliphatic rings. The zero-order valence-electron chi connectivity index (χ0n) is 17.8. The first kappa shape index (κ1) is 23.5. The van der Waals surface area contributed by atoms with Crippen molar-refractivity contribution < 1.29 is 37.3 Å². The van der Waals surface area contributed by atoms with E-state index in [4.69, 9.17) is 9.84 Å². The van der Waals surface area contributed by atoms with Crippen LogP contribution in [0, 0.1) is 6.92 Å². The Kier molecular flexibility index (Phi) is 6.43. The Morgan fingerprint density at radius 3 is 2.50 bits per heavy atom. The maximum atomic E-state index is 13.0. The van der Waals surface area contributed by atoms with Crippen molar-refractivity contribution in [3.05, 3.63) is 77.4 Å². The first-order valence-electron chi connectivity index (χ1n) is 10.0. The second kappa shape index (κ2) is 9.30.